The molecule has 0 bridgehead atoms. The third-order valence-corrected chi connectivity index (χ3v) is 2.78. The highest BCUT2D eigenvalue weighted by atomic mass is 16.1. The van der Waals surface area contributed by atoms with E-state index >= 15 is 0 Å². The molecule has 0 aliphatic heterocycles. The van der Waals surface area contributed by atoms with E-state index in [1.165, 1.54) is 5.69 Å². The Morgan fingerprint density at radius 1 is 1.77 bits per heavy atom. The molecule has 1 aromatic rings. The summed E-state index contributed by atoms with van der Waals surface area (Å²) in [6.07, 6.45) is 4.74. The Kier molecular flexibility index (Phi) is 1.94. The number of imidazole rings is 1. The summed E-state index contributed by atoms with van der Waals surface area (Å²) < 4.78 is 2.12. The van der Waals surface area contributed by atoms with Gasteiger partial charge in [0.1, 0.15) is 5.78 Å². The first-order chi connectivity index (χ1) is 6.24. The molecule has 2 rings (SSSR count). The van der Waals surface area contributed by atoms with E-state index in [9.17, 15) is 4.79 Å². The van der Waals surface area contributed by atoms with Crippen molar-refractivity contribution in [1.82, 2.24) is 9.55 Å². The van der Waals surface area contributed by atoms with Crippen LogP contribution >= 0.6 is 0 Å². The fourth-order valence-corrected chi connectivity index (χ4v) is 1.88. The number of hydrogen-bond donors (Lipinski definition) is 0. The summed E-state index contributed by atoms with van der Waals surface area (Å²) in [5, 5.41) is 0. The van der Waals surface area contributed by atoms with Crippen molar-refractivity contribution >= 4 is 5.78 Å². The third-order valence-electron chi connectivity index (χ3n) is 2.78. The molecule has 1 heterocycles. The fourth-order valence-electron chi connectivity index (χ4n) is 1.88. The zero-order valence-corrected chi connectivity index (χ0v) is 8.03. The van der Waals surface area contributed by atoms with Crippen LogP contribution in [0.15, 0.2) is 12.5 Å². The van der Waals surface area contributed by atoms with Gasteiger partial charge in [-0.2, -0.15) is 0 Å². The van der Waals surface area contributed by atoms with Crippen molar-refractivity contribution in [1.29, 1.82) is 0 Å². The average Bonchev–Trinajstić information content (AvgIpc) is 2.77. The lowest BCUT2D eigenvalue weighted by Crippen LogP contribution is -2.01. The zero-order valence-electron chi connectivity index (χ0n) is 8.03. The molecule has 0 aromatic carbocycles. The third kappa shape index (κ3) is 1.39. The number of carbonyl (C=O) groups is 1. The van der Waals surface area contributed by atoms with Crippen LogP contribution in [0.1, 0.15) is 31.9 Å². The molecule has 0 amide bonds. The van der Waals surface area contributed by atoms with Gasteiger partial charge < -0.3 is 4.57 Å². The van der Waals surface area contributed by atoms with Gasteiger partial charge in [-0.3, -0.25) is 4.79 Å². The van der Waals surface area contributed by atoms with Crippen LogP contribution < -0.4 is 0 Å². The molecule has 70 valence electrons. The first kappa shape index (κ1) is 8.48. The van der Waals surface area contributed by atoms with Crippen LogP contribution in [0.3, 0.4) is 0 Å². The van der Waals surface area contributed by atoms with Gasteiger partial charge in [0, 0.05) is 30.3 Å². The van der Waals surface area contributed by atoms with Crippen molar-refractivity contribution in [3.05, 3.63) is 18.2 Å². The molecule has 13 heavy (non-hydrogen) atoms. The van der Waals surface area contributed by atoms with Crippen molar-refractivity contribution in [2.45, 2.75) is 32.7 Å². The molecule has 2 unspecified atom stereocenters. The molecule has 0 saturated heterocycles. The Morgan fingerprint density at radius 3 is 3.08 bits per heavy atom. The fraction of sp³-hybridized carbons (Fsp3) is 0.600. The number of aromatic nitrogens is 2. The highest BCUT2D eigenvalue weighted by Gasteiger charge is 2.43. The van der Waals surface area contributed by atoms with Crippen molar-refractivity contribution in [3.63, 3.8) is 0 Å². The number of Topliss-reactive ketones (excluding diaryl/α,β-unsaturated/α-hetero) is 1. The quantitative estimate of drug-likeness (QED) is 0.704. The van der Waals surface area contributed by atoms with E-state index < -0.39 is 0 Å². The number of aryl methyl sites for hydroxylation is 1. The molecule has 3 nitrogen and oxygen atoms in total. The highest BCUT2D eigenvalue weighted by Crippen LogP contribution is 2.47. The molecule has 1 fully saturated rings. The van der Waals surface area contributed by atoms with E-state index in [2.05, 4.69) is 16.5 Å². The van der Waals surface area contributed by atoms with Crippen LogP contribution in [-0.4, -0.2) is 15.3 Å². The number of rotatable bonds is 3. The van der Waals surface area contributed by atoms with E-state index in [1.807, 2.05) is 12.5 Å². The van der Waals surface area contributed by atoms with Gasteiger partial charge in [0.15, 0.2) is 0 Å². The summed E-state index contributed by atoms with van der Waals surface area (Å²) in [6, 6.07) is 0. The summed E-state index contributed by atoms with van der Waals surface area (Å²) in [5.74, 6) is 1.02. The summed E-state index contributed by atoms with van der Waals surface area (Å²) in [5.41, 5.74) is 1.22. The molecule has 0 radical (unpaired) electrons. The van der Waals surface area contributed by atoms with Crippen LogP contribution in [0.4, 0.5) is 0 Å². The predicted octanol–water partition coefficient (Wildman–Crippen LogP) is 1.60. The van der Waals surface area contributed by atoms with Crippen LogP contribution in [0.2, 0.25) is 0 Å². The minimum absolute atomic E-state index is 0.266. The van der Waals surface area contributed by atoms with Gasteiger partial charge in [0.05, 0.1) is 6.33 Å². The summed E-state index contributed by atoms with van der Waals surface area (Å²) in [6.45, 7) is 4.71. The first-order valence-corrected chi connectivity index (χ1v) is 4.74. The normalized spacial score (nSPS) is 26.0. The summed E-state index contributed by atoms with van der Waals surface area (Å²) >= 11 is 0. The molecule has 0 N–H and O–H groups in total. The van der Waals surface area contributed by atoms with E-state index in [0.29, 0.717) is 11.7 Å². The minimum Gasteiger partial charge on any atom is -0.335 e. The molecular formula is C10H14N2O. The lowest BCUT2D eigenvalue weighted by molar-refractivity contribution is -0.118. The second-order valence-corrected chi connectivity index (χ2v) is 3.66. The Balaban J connectivity index is 2.15. The van der Waals surface area contributed by atoms with Crippen molar-refractivity contribution in [3.8, 4) is 0 Å². The van der Waals surface area contributed by atoms with Gasteiger partial charge in [-0.25, -0.2) is 4.98 Å². The van der Waals surface area contributed by atoms with E-state index in [1.54, 1.807) is 6.92 Å². The molecule has 3 heteroatoms. The second kappa shape index (κ2) is 2.98. The Hall–Kier alpha value is -1.12. The Bertz CT molecular complexity index is 329. The Labute approximate surface area is 77.8 Å². The molecule has 1 saturated carbocycles. The van der Waals surface area contributed by atoms with Crippen LogP contribution in [0.5, 0.6) is 0 Å². The number of ketones is 1. The van der Waals surface area contributed by atoms with E-state index in [-0.39, 0.29) is 5.92 Å². The van der Waals surface area contributed by atoms with Crippen molar-refractivity contribution in [2.75, 3.05) is 0 Å². The van der Waals surface area contributed by atoms with Crippen LogP contribution in [0, 0.1) is 5.92 Å². The topological polar surface area (TPSA) is 34.9 Å². The van der Waals surface area contributed by atoms with Gasteiger partial charge in [0.25, 0.3) is 0 Å². The van der Waals surface area contributed by atoms with E-state index in [4.69, 9.17) is 0 Å². The molecule has 1 aromatic heterocycles. The highest BCUT2D eigenvalue weighted by molar-refractivity contribution is 5.82. The lowest BCUT2D eigenvalue weighted by Gasteiger charge is -2.02. The second-order valence-electron chi connectivity index (χ2n) is 3.66. The molecule has 2 atom stereocenters. The number of carbonyl (C=O) groups excluding carboxylic acids is 1. The van der Waals surface area contributed by atoms with Crippen molar-refractivity contribution in [2.24, 2.45) is 5.92 Å². The van der Waals surface area contributed by atoms with Gasteiger partial charge in [-0.1, -0.05) is 0 Å². The van der Waals surface area contributed by atoms with Crippen LogP contribution in [0.25, 0.3) is 0 Å². The average molecular weight is 178 g/mol. The number of nitrogens with zero attached hydrogens (tertiary/aromatic N) is 2. The predicted molar refractivity (Wildman–Crippen MR) is 49.4 cm³/mol. The van der Waals surface area contributed by atoms with Crippen LogP contribution in [-0.2, 0) is 11.3 Å². The standard InChI is InChI=1S/C10H14N2O/c1-3-12-6-11-5-10(12)9-4-8(9)7(2)13/h5-6,8-9H,3-4H2,1-2H3. The maximum atomic E-state index is 11.1. The summed E-state index contributed by atoms with van der Waals surface area (Å²) in [4.78, 5) is 15.2. The van der Waals surface area contributed by atoms with Gasteiger partial charge >= 0.3 is 0 Å². The van der Waals surface area contributed by atoms with Gasteiger partial charge in [-0.15, -0.1) is 0 Å². The Morgan fingerprint density at radius 2 is 2.54 bits per heavy atom. The maximum absolute atomic E-state index is 11.1. The van der Waals surface area contributed by atoms with Crippen molar-refractivity contribution < 1.29 is 4.79 Å². The first-order valence-electron chi connectivity index (χ1n) is 4.74. The molecular weight excluding hydrogens is 164 g/mol. The van der Waals surface area contributed by atoms with Gasteiger partial charge in [0.2, 0.25) is 0 Å². The molecule has 0 spiro atoms. The largest absolute Gasteiger partial charge is 0.335 e. The van der Waals surface area contributed by atoms with E-state index in [0.717, 1.165) is 13.0 Å². The zero-order chi connectivity index (χ0) is 9.42. The SMILES string of the molecule is CCn1cncc1C1CC1C(C)=O. The number of hydrogen-bond acceptors (Lipinski definition) is 2. The molecule has 1 aliphatic rings. The lowest BCUT2D eigenvalue weighted by atomic mass is 10.2. The maximum Gasteiger partial charge on any atom is 0.133 e. The molecule has 1 aliphatic carbocycles. The van der Waals surface area contributed by atoms with Gasteiger partial charge in [-0.05, 0) is 20.3 Å². The smallest absolute Gasteiger partial charge is 0.133 e. The summed E-state index contributed by atoms with van der Waals surface area (Å²) in [7, 11) is 0. The monoisotopic (exact) mass is 178 g/mol. The minimum atomic E-state index is 0.266.